The molecule has 1 heterocycles. The van der Waals surface area contributed by atoms with Gasteiger partial charge in [0.05, 0.1) is 4.92 Å². The minimum atomic E-state index is -0.873. The molecule has 1 aliphatic rings. The van der Waals surface area contributed by atoms with Crippen molar-refractivity contribution in [3.63, 3.8) is 0 Å². The largest absolute Gasteiger partial charge is 0.448 e. The normalized spacial score (nSPS) is 15.2. The number of thiophene rings is 1. The fourth-order valence-electron chi connectivity index (χ4n) is 2.06. The van der Waals surface area contributed by atoms with Crippen LogP contribution < -0.4 is 5.32 Å². The van der Waals surface area contributed by atoms with Crippen LogP contribution in [0.4, 0.5) is 5.69 Å². The topological polar surface area (TPSA) is 98.5 Å². The predicted octanol–water partition coefficient (Wildman–Crippen LogP) is 2.63. The predicted molar refractivity (Wildman–Crippen MR) is 84.5 cm³/mol. The molecule has 1 saturated carbocycles. The molecule has 0 unspecified atom stereocenters. The summed E-state index contributed by atoms with van der Waals surface area (Å²) in [6, 6.07) is 6.14. The van der Waals surface area contributed by atoms with E-state index in [-0.39, 0.29) is 17.6 Å². The maximum absolute atomic E-state index is 12.1. The lowest BCUT2D eigenvalue weighted by molar-refractivity contribution is -0.384. The van der Waals surface area contributed by atoms with Crippen LogP contribution in [0, 0.1) is 10.1 Å². The van der Waals surface area contributed by atoms with Crippen molar-refractivity contribution in [1.82, 2.24) is 5.32 Å². The molecule has 3 rings (SSSR count). The van der Waals surface area contributed by atoms with E-state index in [1.165, 1.54) is 30.4 Å². The SMILES string of the molecule is C[C@@H](OC(=O)c1cc2cc([N+](=O)[O-])ccc2s1)C(=O)NC1CC1. The maximum atomic E-state index is 12.1. The van der Waals surface area contributed by atoms with Gasteiger partial charge in [0.2, 0.25) is 0 Å². The highest BCUT2D eigenvalue weighted by atomic mass is 32.1. The third-order valence-corrected chi connectivity index (χ3v) is 4.58. The Morgan fingerprint density at radius 3 is 2.78 bits per heavy atom. The van der Waals surface area contributed by atoms with Crippen molar-refractivity contribution in [2.75, 3.05) is 0 Å². The fraction of sp³-hybridized carbons (Fsp3) is 0.333. The molecule has 1 aromatic carbocycles. The molecule has 23 heavy (non-hydrogen) atoms. The van der Waals surface area contributed by atoms with Crippen molar-refractivity contribution in [3.8, 4) is 0 Å². The number of fused-ring (bicyclic) bond motifs is 1. The average molecular weight is 334 g/mol. The van der Waals surface area contributed by atoms with Crippen LogP contribution >= 0.6 is 11.3 Å². The molecule has 1 aromatic heterocycles. The first kappa shape index (κ1) is 15.4. The zero-order chi connectivity index (χ0) is 16.6. The second kappa shape index (κ2) is 5.96. The second-order valence-electron chi connectivity index (χ2n) is 5.42. The Hall–Kier alpha value is -2.48. The van der Waals surface area contributed by atoms with Gasteiger partial charge in [-0.3, -0.25) is 14.9 Å². The molecule has 1 N–H and O–H groups in total. The van der Waals surface area contributed by atoms with Crippen LogP contribution in [-0.4, -0.2) is 28.9 Å². The number of nitrogens with zero attached hydrogens (tertiary/aromatic N) is 1. The molecular weight excluding hydrogens is 320 g/mol. The van der Waals surface area contributed by atoms with E-state index in [1.807, 2.05) is 0 Å². The maximum Gasteiger partial charge on any atom is 0.349 e. The summed E-state index contributed by atoms with van der Waals surface area (Å²) in [4.78, 5) is 34.5. The first-order valence-corrected chi connectivity index (χ1v) is 7.95. The van der Waals surface area contributed by atoms with Crippen molar-refractivity contribution in [1.29, 1.82) is 0 Å². The van der Waals surface area contributed by atoms with Gasteiger partial charge in [0.1, 0.15) is 4.88 Å². The summed E-state index contributed by atoms with van der Waals surface area (Å²) < 4.78 is 5.91. The Labute approximate surface area is 135 Å². The molecule has 0 radical (unpaired) electrons. The van der Waals surface area contributed by atoms with E-state index in [2.05, 4.69) is 5.32 Å². The fourth-order valence-corrected chi connectivity index (χ4v) is 2.99. The summed E-state index contributed by atoms with van der Waals surface area (Å²) in [7, 11) is 0. The van der Waals surface area contributed by atoms with E-state index in [0.717, 1.165) is 17.5 Å². The molecule has 2 aromatic rings. The summed E-state index contributed by atoms with van der Waals surface area (Å²) >= 11 is 1.18. The molecule has 1 fully saturated rings. The van der Waals surface area contributed by atoms with Gasteiger partial charge in [-0.1, -0.05) is 0 Å². The van der Waals surface area contributed by atoms with E-state index in [4.69, 9.17) is 4.74 Å². The van der Waals surface area contributed by atoms with Gasteiger partial charge in [0.25, 0.3) is 11.6 Å². The highest BCUT2D eigenvalue weighted by Gasteiger charge is 2.27. The molecule has 0 aliphatic heterocycles. The number of amides is 1. The molecule has 7 nitrogen and oxygen atoms in total. The number of non-ortho nitro benzene ring substituents is 1. The summed E-state index contributed by atoms with van der Waals surface area (Å²) in [5, 5.41) is 14.1. The number of rotatable bonds is 5. The Morgan fingerprint density at radius 2 is 2.13 bits per heavy atom. The third kappa shape index (κ3) is 3.48. The number of carbonyl (C=O) groups is 2. The zero-order valence-electron chi connectivity index (χ0n) is 12.3. The summed E-state index contributed by atoms with van der Waals surface area (Å²) in [5.41, 5.74) is -0.0348. The molecule has 1 amide bonds. The van der Waals surface area contributed by atoms with Gasteiger partial charge in [-0.2, -0.15) is 0 Å². The van der Waals surface area contributed by atoms with Crippen LogP contribution in [-0.2, 0) is 9.53 Å². The van der Waals surface area contributed by atoms with Gasteiger partial charge < -0.3 is 10.1 Å². The number of hydrogen-bond acceptors (Lipinski definition) is 6. The molecular formula is C15H14N2O5S. The first-order valence-electron chi connectivity index (χ1n) is 7.13. The lowest BCUT2D eigenvalue weighted by atomic mass is 10.2. The van der Waals surface area contributed by atoms with Crippen LogP contribution in [0.3, 0.4) is 0 Å². The lowest BCUT2D eigenvalue weighted by Gasteiger charge is -2.12. The van der Waals surface area contributed by atoms with E-state index in [9.17, 15) is 19.7 Å². The van der Waals surface area contributed by atoms with Gasteiger partial charge in [-0.25, -0.2) is 4.79 Å². The molecule has 1 atom stereocenters. The standard InChI is InChI=1S/C15H14N2O5S/c1-8(14(18)16-10-2-3-10)22-15(19)13-7-9-6-11(17(20)21)4-5-12(9)23-13/h4-8,10H,2-3H2,1H3,(H,16,18)/t8-/m1/s1. The van der Waals surface area contributed by atoms with E-state index in [1.54, 1.807) is 12.1 Å². The van der Waals surface area contributed by atoms with Gasteiger partial charge in [-0.15, -0.1) is 11.3 Å². The number of nitro benzene ring substituents is 1. The number of esters is 1. The Balaban J connectivity index is 1.72. The average Bonchev–Trinajstić information content (AvgIpc) is 3.21. The van der Waals surface area contributed by atoms with Crippen LogP contribution in [0.5, 0.6) is 0 Å². The van der Waals surface area contributed by atoms with Gasteiger partial charge in [-0.05, 0) is 31.9 Å². The summed E-state index contributed by atoms with van der Waals surface area (Å²) in [5.74, 6) is -0.912. The molecule has 1 aliphatic carbocycles. The van der Waals surface area contributed by atoms with Crippen LogP contribution in [0.15, 0.2) is 24.3 Å². The lowest BCUT2D eigenvalue weighted by Crippen LogP contribution is -2.36. The second-order valence-corrected chi connectivity index (χ2v) is 6.50. The first-order chi connectivity index (χ1) is 10.9. The molecule has 120 valence electrons. The molecule has 0 bridgehead atoms. The quantitative estimate of drug-likeness (QED) is 0.515. The number of nitrogens with one attached hydrogen (secondary N) is 1. The van der Waals surface area contributed by atoms with Crippen molar-refractivity contribution >= 4 is 39.0 Å². The van der Waals surface area contributed by atoms with Crippen molar-refractivity contribution in [3.05, 3.63) is 39.3 Å². The highest BCUT2D eigenvalue weighted by molar-refractivity contribution is 7.20. The molecule has 0 spiro atoms. The van der Waals surface area contributed by atoms with Gasteiger partial charge in [0.15, 0.2) is 6.10 Å². The minimum Gasteiger partial charge on any atom is -0.448 e. The van der Waals surface area contributed by atoms with E-state index >= 15 is 0 Å². The van der Waals surface area contributed by atoms with E-state index < -0.39 is 17.0 Å². The smallest absolute Gasteiger partial charge is 0.349 e. The number of nitro groups is 1. The Kier molecular flexibility index (Phi) is 3.99. The van der Waals surface area contributed by atoms with Gasteiger partial charge >= 0.3 is 5.97 Å². The van der Waals surface area contributed by atoms with Crippen molar-refractivity contribution in [2.24, 2.45) is 0 Å². The highest BCUT2D eigenvalue weighted by Crippen LogP contribution is 2.29. The number of hydrogen-bond donors (Lipinski definition) is 1. The number of carbonyl (C=O) groups excluding carboxylic acids is 2. The minimum absolute atomic E-state index is 0.0348. The third-order valence-electron chi connectivity index (χ3n) is 3.49. The van der Waals surface area contributed by atoms with Crippen LogP contribution in [0.2, 0.25) is 0 Å². The van der Waals surface area contributed by atoms with Crippen molar-refractivity contribution in [2.45, 2.75) is 31.9 Å². The zero-order valence-corrected chi connectivity index (χ0v) is 13.1. The van der Waals surface area contributed by atoms with Crippen molar-refractivity contribution < 1.29 is 19.2 Å². The van der Waals surface area contributed by atoms with E-state index in [0.29, 0.717) is 10.3 Å². The molecule has 0 saturated heterocycles. The molecule has 8 heteroatoms. The monoisotopic (exact) mass is 334 g/mol. The Bertz CT molecular complexity index is 796. The number of ether oxygens (including phenoxy) is 1. The Morgan fingerprint density at radius 1 is 1.39 bits per heavy atom. The number of benzene rings is 1. The van der Waals surface area contributed by atoms with Crippen LogP contribution in [0.1, 0.15) is 29.4 Å². The summed E-state index contributed by atoms with van der Waals surface area (Å²) in [6.45, 7) is 1.52. The summed E-state index contributed by atoms with van der Waals surface area (Å²) in [6.07, 6.45) is 1.05. The van der Waals surface area contributed by atoms with Gasteiger partial charge in [0, 0.05) is 28.3 Å². The van der Waals surface area contributed by atoms with Crippen LogP contribution in [0.25, 0.3) is 10.1 Å².